The number of rotatable bonds is 4. The van der Waals surface area contributed by atoms with Crippen molar-refractivity contribution in [1.29, 1.82) is 0 Å². The van der Waals surface area contributed by atoms with Crippen molar-refractivity contribution in [3.05, 3.63) is 24.6 Å². The first-order valence-corrected chi connectivity index (χ1v) is 5.05. The van der Waals surface area contributed by atoms with E-state index in [1.807, 2.05) is 0 Å². The maximum Gasteiger partial charge on any atom is 0.331 e. The van der Waals surface area contributed by atoms with Crippen LogP contribution >= 0.6 is 0 Å². The molecule has 0 aromatic carbocycles. The molecule has 1 aliphatic rings. The molecule has 0 saturated carbocycles. The highest BCUT2D eigenvalue weighted by molar-refractivity contribution is 5.99. The summed E-state index contributed by atoms with van der Waals surface area (Å²) in [6.07, 6.45) is 0. The Hall–Kier alpha value is -2.11. The van der Waals surface area contributed by atoms with Gasteiger partial charge in [-0.15, -0.1) is 0 Å². The zero-order chi connectivity index (χ0) is 13.2. The minimum atomic E-state index is -0.631. The Morgan fingerprint density at radius 1 is 1.18 bits per heavy atom. The van der Waals surface area contributed by atoms with Gasteiger partial charge in [0.2, 0.25) is 0 Å². The highest BCUT2D eigenvalue weighted by Gasteiger charge is 2.33. The highest BCUT2D eigenvalue weighted by Crippen LogP contribution is 2.15. The van der Waals surface area contributed by atoms with Gasteiger partial charge in [0.1, 0.15) is 11.6 Å². The van der Waals surface area contributed by atoms with Gasteiger partial charge in [-0.25, -0.2) is 9.59 Å². The Balaban J connectivity index is 2.90. The molecule has 1 saturated heterocycles. The van der Waals surface area contributed by atoms with Gasteiger partial charge in [-0.05, 0) is 13.8 Å². The predicted molar refractivity (Wildman–Crippen MR) is 62.0 cm³/mol. The summed E-state index contributed by atoms with van der Waals surface area (Å²) in [5, 5.41) is 2.14. The second-order valence-electron chi connectivity index (χ2n) is 3.98. The van der Waals surface area contributed by atoms with E-state index in [2.05, 4.69) is 18.5 Å². The Morgan fingerprint density at radius 3 is 2.06 bits per heavy atom. The van der Waals surface area contributed by atoms with Crippen LogP contribution in [0.15, 0.2) is 24.6 Å². The largest absolute Gasteiger partial charge is 0.331 e. The summed E-state index contributed by atoms with van der Waals surface area (Å²) in [7, 11) is 0. The average Bonchev–Trinajstić information content (AvgIpc) is 2.18. The molecule has 92 valence electrons. The minimum absolute atomic E-state index is 0.107. The summed E-state index contributed by atoms with van der Waals surface area (Å²) in [4.78, 5) is 36.5. The van der Waals surface area contributed by atoms with Gasteiger partial charge in [-0.2, -0.15) is 0 Å². The molecule has 0 radical (unpaired) electrons. The number of carbonyl (C=O) groups is 3. The molecule has 4 amide bonds. The minimum Gasteiger partial charge on any atom is -0.298 e. The van der Waals surface area contributed by atoms with Crippen molar-refractivity contribution in [3.8, 4) is 0 Å². The van der Waals surface area contributed by atoms with Gasteiger partial charge in [0.15, 0.2) is 0 Å². The fourth-order valence-corrected chi connectivity index (χ4v) is 1.43. The molecule has 1 N–H and O–H groups in total. The normalized spacial score (nSPS) is 16.0. The average molecular weight is 237 g/mol. The van der Waals surface area contributed by atoms with Crippen LogP contribution in [0.1, 0.15) is 13.8 Å². The number of nitrogens with one attached hydrogen (secondary N) is 1. The van der Waals surface area contributed by atoms with Crippen molar-refractivity contribution < 1.29 is 14.4 Å². The zero-order valence-corrected chi connectivity index (χ0v) is 9.95. The van der Waals surface area contributed by atoms with E-state index in [0.29, 0.717) is 0 Å². The van der Waals surface area contributed by atoms with Crippen molar-refractivity contribution in [2.45, 2.75) is 13.8 Å². The molecule has 0 spiro atoms. The summed E-state index contributed by atoms with van der Waals surface area (Å²) >= 11 is 0. The molecule has 0 bridgehead atoms. The molecule has 17 heavy (non-hydrogen) atoms. The lowest BCUT2D eigenvalue weighted by Gasteiger charge is -2.36. The maximum atomic E-state index is 11.6. The van der Waals surface area contributed by atoms with E-state index in [1.165, 1.54) is 11.8 Å². The molecule has 0 aliphatic carbocycles. The lowest BCUT2D eigenvalue weighted by molar-refractivity contribution is -0.117. The van der Waals surface area contributed by atoms with Crippen molar-refractivity contribution in [2.75, 3.05) is 13.1 Å². The molecule has 0 atom stereocenters. The molecule has 1 rings (SSSR count). The van der Waals surface area contributed by atoms with Crippen molar-refractivity contribution in [3.63, 3.8) is 0 Å². The third-order valence-electron chi connectivity index (χ3n) is 2.14. The number of hydrogen-bond donors (Lipinski definition) is 1. The lowest BCUT2D eigenvalue weighted by atomic mass is 10.3. The van der Waals surface area contributed by atoms with E-state index in [0.717, 1.165) is 10.5 Å². The van der Waals surface area contributed by atoms with Gasteiger partial charge in [-0.1, -0.05) is 18.7 Å². The van der Waals surface area contributed by atoms with Crippen molar-refractivity contribution >= 4 is 17.8 Å². The van der Waals surface area contributed by atoms with E-state index in [1.54, 1.807) is 6.92 Å². The number of amides is 4. The van der Waals surface area contributed by atoms with Gasteiger partial charge in [-0.3, -0.25) is 19.9 Å². The number of imide groups is 1. The molecule has 1 aliphatic heterocycles. The van der Waals surface area contributed by atoms with Crippen LogP contribution in [0.5, 0.6) is 0 Å². The second kappa shape index (κ2) is 4.82. The molecule has 1 heterocycles. The second-order valence-corrected chi connectivity index (χ2v) is 3.98. The van der Waals surface area contributed by atoms with Crippen LogP contribution in [0.25, 0.3) is 0 Å². The number of nitrogens with zero attached hydrogens (tertiary/aromatic N) is 2. The monoisotopic (exact) mass is 237 g/mol. The van der Waals surface area contributed by atoms with Crippen LogP contribution in [0, 0.1) is 0 Å². The number of urea groups is 2. The van der Waals surface area contributed by atoms with Crippen molar-refractivity contribution in [1.82, 2.24) is 15.1 Å². The molecule has 0 aromatic heterocycles. The summed E-state index contributed by atoms with van der Waals surface area (Å²) < 4.78 is 0. The first kappa shape index (κ1) is 13.0. The first-order chi connectivity index (χ1) is 7.82. The summed E-state index contributed by atoms with van der Waals surface area (Å²) in [6.45, 7) is 10.6. The summed E-state index contributed by atoms with van der Waals surface area (Å²) in [6, 6.07) is -1.18. The van der Waals surface area contributed by atoms with Crippen molar-refractivity contribution in [2.24, 2.45) is 0 Å². The van der Waals surface area contributed by atoms with E-state index in [4.69, 9.17) is 0 Å². The molecular formula is C11H15N3O3. The fourth-order valence-electron chi connectivity index (χ4n) is 1.43. The van der Waals surface area contributed by atoms with Gasteiger partial charge in [0, 0.05) is 6.54 Å². The first-order valence-electron chi connectivity index (χ1n) is 5.05. The topological polar surface area (TPSA) is 69.7 Å². The van der Waals surface area contributed by atoms with Crippen LogP contribution in [0.4, 0.5) is 9.59 Å². The van der Waals surface area contributed by atoms with Crippen LogP contribution in [-0.2, 0) is 4.79 Å². The van der Waals surface area contributed by atoms with Gasteiger partial charge < -0.3 is 0 Å². The quantitative estimate of drug-likeness (QED) is 0.743. The standard InChI is InChI=1S/C11H15N3O3/c1-7(2)5-13-9(4)14(6-8(3)15)11(17)12-10(13)16/h1,4-6H2,2-3H3,(H,12,16,17). The SMILES string of the molecule is C=C(C)CN1C(=C)N(CC(C)=O)C(=O)NC1=O. The predicted octanol–water partition coefficient (Wildman–Crippen LogP) is 1.07. The third-order valence-corrected chi connectivity index (χ3v) is 2.14. The Labute approximate surface area is 99.6 Å². The molecular weight excluding hydrogens is 222 g/mol. The number of carbonyl (C=O) groups excluding carboxylic acids is 3. The molecule has 0 unspecified atom stereocenters. The third kappa shape index (κ3) is 2.93. The van der Waals surface area contributed by atoms with Crippen LogP contribution in [0.2, 0.25) is 0 Å². The van der Waals surface area contributed by atoms with Crippen LogP contribution in [-0.4, -0.2) is 40.7 Å². The summed E-state index contributed by atoms with van der Waals surface area (Å²) in [5.41, 5.74) is 0.749. The lowest BCUT2D eigenvalue weighted by Crippen LogP contribution is -2.58. The Kier molecular flexibility index (Phi) is 3.67. The van der Waals surface area contributed by atoms with E-state index in [-0.39, 0.29) is 24.7 Å². The number of Topliss-reactive ketones (excluding diaryl/α,β-unsaturated/α-hetero) is 1. The molecule has 6 heteroatoms. The summed E-state index contributed by atoms with van der Waals surface area (Å²) in [5.74, 6) is 0.00266. The van der Waals surface area contributed by atoms with E-state index < -0.39 is 12.1 Å². The Bertz CT molecular complexity index is 378. The molecule has 6 nitrogen and oxygen atoms in total. The van der Waals surface area contributed by atoms with E-state index >= 15 is 0 Å². The van der Waals surface area contributed by atoms with E-state index in [9.17, 15) is 14.4 Å². The smallest absolute Gasteiger partial charge is 0.298 e. The van der Waals surface area contributed by atoms with Gasteiger partial charge >= 0.3 is 12.1 Å². The number of hydrogen-bond acceptors (Lipinski definition) is 3. The molecule has 1 fully saturated rings. The van der Waals surface area contributed by atoms with Gasteiger partial charge in [0.25, 0.3) is 0 Å². The maximum absolute atomic E-state index is 11.6. The molecule has 0 aromatic rings. The van der Waals surface area contributed by atoms with Gasteiger partial charge in [0.05, 0.1) is 6.54 Å². The Morgan fingerprint density at radius 2 is 1.65 bits per heavy atom. The highest BCUT2D eigenvalue weighted by atomic mass is 16.2. The zero-order valence-electron chi connectivity index (χ0n) is 9.95. The van der Waals surface area contributed by atoms with Crippen LogP contribution in [0.3, 0.4) is 0 Å². The van der Waals surface area contributed by atoms with Crippen LogP contribution < -0.4 is 5.32 Å². The number of ketones is 1. The fraction of sp³-hybridized carbons (Fsp3) is 0.364.